The van der Waals surface area contributed by atoms with E-state index in [4.69, 9.17) is 9.72 Å². The van der Waals surface area contributed by atoms with E-state index in [0.717, 1.165) is 66.6 Å². The van der Waals surface area contributed by atoms with Gasteiger partial charge in [-0.05, 0) is 41.3 Å². The second-order valence-corrected chi connectivity index (χ2v) is 11.1. The highest BCUT2D eigenvalue weighted by Gasteiger charge is 2.21. The Morgan fingerprint density at radius 2 is 1.59 bits per heavy atom. The number of H-pyrrole nitrogens is 1. The van der Waals surface area contributed by atoms with Crippen LogP contribution < -0.4 is 9.64 Å². The van der Waals surface area contributed by atoms with Crippen molar-refractivity contribution in [1.29, 1.82) is 0 Å². The molecular weight excluding hydrogens is 484 g/mol. The highest BCUT2D eigenvalue weighted by Crippen LogP contribution is 2.30. The molecule has 39 heavy (non-hydrogen) atoms. The molecule has 5 aromatic rings. The number of aromatic nitrogens is 4. The van der Waals surface area contributed by atoms with Crippen LogP contribution in [0.5, 0.6) is 11.8 Å². The molecule has 1 saturated heterocycles. The van der Waals surface area contributed by atoms with Crippen LogP contribution in [0.2, 0.25) is 0 Å². The lowest BCUT2D eigenvalue weighted by molar-refractivity contribution is 0.246. The summed E-state index contributed by atoms with van der Waals surface area (Å²) in [5, 5.41) is 0. The molecule has 1 fully saturated rings. The molecule has 3 aromatic carbocycles. The average Bonchev–Trinajstić information content (AvgIpc) is 3.39. The number of ether oxygens (including phenoxy) is 1. The molecule has 3 heterocycles. The first kappa shape index (κ1) is 25.1. The zero-order chi connectivity index (χ0) is 26.8. The third-order valence-electron chi connectivity index (χ3n) is 7.26. The van der Waals surface area contributed by atoms with Crippen LogP contribution in [0.4, 0.5) is 5.69 Å². The lowest BCUT2D eigenvalue weighted by Gasteiger charge is -2.36. The van der Waals surface area contributed by atoms with E-state index in [1.165, 1.54) is 11.3 Å². The summed E-state index contributed by atoms with van der Waals surface area (Å²) in [5.74, 6) is 1.65. The van der Waals surface area contributed by atoms with E-state index in [1.54, 1.807) is 6.20 Å². The summed E-state index contributed by atoms with van der Waals surface area (Å²) in [4.78, 5) is 22.3. The zero-order valence-corrected chi connectivity index (χ0v) is 22.8. The molecule has 0 bridgehead atoms. The number of hydrogen-bond acceptors (Lipinski definition) is 6. The third-order valence-corrected chi connectivity index (χ3v) is 7.26. The van der Waals surface area contributed by atoms with E-state index in [1.807, 2.05) is 36.4 Å². The molecule has 1 N–H and O–H groups in total. The van der Waals surface area contributed by atoms with E-state index in [-0.39, 0.29) is 5.41 Å². The fourth-order valence-corrected chi connectivity index (χ4v) is 5.03. The second-order valence-electron chi connectivity index (χ2n) is 11.1. The van der Waals surface area contributed by atoms with Crippen molar-refractivity contribution < 1.29 is 4.74 Å². The minimum absolute atomic E-state index is 0.132. The van der Waals surface area contributed by atoms with Gasteiger partial charge in [0.1, 0.15) is 11.6 Å². The van der Waals surface area contributed by atoms with Crippen molar-refractivity contribution in [2.24, 2.45) is 0 Å². The van der Waals surface area contributed by atoms with Gasteiger partial charge in [-0.2, -0.15) is 4.98 Å². The maximum atomic E-state index is 5.82. The summed E-state index contributed by atoms with van der Waals surface area (Å²) in [7, 11) is 0. The maximum Gasteiger partial charge on any atom is 0.322 e. The molecule has 0 unspecified atom stereocenters. The van der Waals surface area contributed by atoms with Crippen LogP contribution in [0.15, 0.2) is 85.1 Å². The maximum absolute atomic E-state index is 5.82. The number of aromatic amines is 1. The van der Waals surface area contributed by atoms with Crippen LogP contribution in [0.1, 0.15) is 32.0 Å². The lowest BCUT2D eigenvalue weighted by atomic mass is 9.87. The number of rotatable bonds is 6. The van der Waals surface area contributed by atoms with Crippen molar-refractivity contribution in [3.63, 3.8) is 0 Å². The molecule has 2 aromatic heterocycles. The van der Waals surface area contributed by atoms with Gasteiger partial charge in [0, 0.05) is 44.5 Å². The van der Waals surface area contributed by atoms with Gasteiger partial charge in [-0.25, -0.2) is 9.97 Å². The molecule has 0 amide bonds. The predicted molar refractivity (Wildman–Crippen MR) is 156 cm³/mol. The monoisotopic (exact) mass is 518 g/mol. The number of nitrogens with one attached hydrogen (secondary N) is 1. The van der Waals surface area contributed by atoms with Crippen LogP contribution in [0.25, 0.3) is 22.4 Å². The highest BCUT2D eigenvalue weighted by molar-refractivity contribution is 5.91. The van der Waals surface area contributed by atoms with Gasteiger partial charge in [0.25, 0.3) is 0 Å². The molecule has 7 heteroatoms. The topological polar surface area (TPSA) is 70.2 Å². The zero-order valence-electron chi connectivity index (χ0n) is 22.8. The van der Waals surface area contributed by atoms with Crippen molar-refractivity contribution in [2.45, 2.75) is 32.7 Å². The number of imidazole rings is 1. The van der Waals surface area contributed by atoms with Crippen molar-refractivity contribution in [2.75, 3.05) is 31.1 Å². The average molecular weight is 519 g/mol. The summed E-state index contributed by atoms with van der Waals surface area (Å²) in [5.41, 5.74) is 6.82. The van der Waals surface area contributed by atoms with Gasteiger partial charge in [-0.3, -0.25) is 4.90 Å². The Hall–Kier alpha value is -4.23. The summed E-state index contributed by atoms with van der Waals surface area (Å²) in [6.45, 7) is 11.2. The van der Waals surface area contributed by atoms with E-state index < -0.39 is 0 Å². The summed E-state index contributed by atoms with van der Waals surface area (Å²) in [6.07, 6.45) is 1.77. The number of benzene rings is 3. The van der Waals surface area contributed by atoms with Crippen LogP contribution in [-0.2, 0) is 12.0 Å². The van der Waals surface area contributed by atoms with E-state index in [2.05, 4.69) is 88.0 Å². The number of anilines is 1. The van der Waals surface area contributed by atoms with Gasteiger partial charge in [0.05, 0.1) is 22.4 Å². The van der Waals surface area contributed by atoms with E-state index in [9.17, 15) is 0 Å². The fourth-order valence-electron chi connectivity index (χ4n) is 5.03. The molecule has 0 aliphatic carbocycles. The number of para-hydroxylation sites is 2. The van der Waals surface area contributed by atoms with E-state index in [0.29, 0.717) is 6.01 Å². The Kier molecular flexibility index (Phi) is 6.75. The Labute approximate surface area is 229 Å². The first-order valence-corrected chi connectivity index (χ1v) is 13.5. The van der Waals surface area contributed by atoms with Crippen LogP contribution in [-0.4, -0.2) is 51.0 Å². The minimum Gasteiger partial charge on any atom is -0.424 e. The second kappa shape index (κ2) is 10.5. The third kappa shape index (κ3) is 5.64. The molecule has 0 radical (unpaired) electrons. The lowest BCUT2D eigenvalue weighted by Crippen LogP contribution is -2.46. The fraction of sp³-hybridized carbons (Fsp3) is 0.281. The Bertz CT molecular complexity index is 1550. The van der Waals surface area contributed by atoms with Gasteiger partial charge < -0.3 is 14.6 Å². The highest BCUT2D eigenvalue weighted by atomic mass is 16.5. The molecule has 0 saturated carbocycles. The molecule has 6 rings (SSSR count). The Morgan fingerprint density at radius 1 is 0.821 bits per heavy atom. The molecular formula is C32H34N6O. The van der Waals surface area contributed by atoms with Crippen LogP contribution >= 0.6 is 0 Å². The number of nitrogens with zero attached hydrogens (tertiary/aromatic N) is 5. The summed E-state index contributed by atoms with van der Waals surface area (Å²) >= 11 is 0. The number of fused-ring (bicyclic) bond motifs is 1. The van der Waals surface area contributed by atoms with Crippen LogP contribution in [0, 0.1) is 0 Å². The van der Waals surface area contributed by atoms with Crippen molar-refractivity contribution >= 4 is 16.7 Å². The van der Waals surface area contributed by atoms with Gasteiger partial charge in [0.2, 0.25) is 0 Å². The largest absolute Gasteiger partial charge is 0.424 e. The van der Waals surface area contributed by atoms with Gasteiger partial charge in [-0.1, -0.05) is 69.3 Å². The smallest absolute Gasteiger partial charge is 0.322 e. The molecule has 0 atom stereocenters. The van der Waals surface area contributed by atoms with Gasteiger partial charge >= 0.3 is 6.01 Å². The Balaban J connectivity index is 1.12. The molecule has 0 spiro atoms. The summed E-state index contributed by atoms with van der Waals surface area (Å²) in [6, 6.07) is 27.1. The van der Waals surface area contributed by atoms with Gasteiger partial charge in [-0.15, -0.1) is 0 Å². The molecule has 7 nitrogen and oxygen atoms in total. The normalized spacial score (nSPS) is 14.6. The SMILES string of the molecule is CC(C)(C)c1ccc(-c2nc3cccc(N4CCN(Cc5ccnc(Oc6ccccc6)n5)CC4)c3[nH]2)cc1. The quantitative estimate of drug-likeness (QED) is 0.279. The molecule has 1 aliphatic heterocycles. The first-order chi connectivity index (χ1) is 18.9. The molecule has 198 valence electrons. The van der Waals surface area contributed by atoms with Crippen molar-refractivity contribution in [3.05, 3.63) is 96.3 Å². The molecule has 1 aliphatic rings. The number of hydrogen-bond donors (Lipinski definition) is 1. The van der Waals surface area contributed by atoms with Crippen molar-refractivity contribution in [1.82, 2.24) is 24.8 Å². The first-order valence-electron chi connectivity index (χ1n) is 13.5. The Morgan fingerprint density at radius 3 is 2.33 bits per heavy atom. The standard InChI is InChI=1S/C32H34N6O/c1-32(2,3)24-14-12-23(13-15-24)30-35-27-10-7-11-28(29(27)36-30)38-20-18-37(19-21-38)22-25-16-17-33-31(34-25)39-26-8-5-4-6-9-26/h4-17H,18-22H2,1-3H3,(H,35,36). The summed E-state index contributed by atoms with van der Waals surface area (Å²) < 4.78 is 5.82. The van der Waals surface area contributed by atoms with Gasteiger partial charge in [0.15, 0.2) is 0 Å². The number of piperazine rings is 1. The van der Waals surface area contributed by atoms with Crippen molar-refractivity contribution in [3.8, 4) is 23.1 Å². The van der Waals surface area contributed by atoms with E-state index >= 15 is 0 Å². The predicted octanol–water partition coefficient (Wildman–Crippen LogP) is 6.43. The van der Waals surface area contributed by atoms with Crippen LogP contribution in [0.3, 0.4) is 0 Å². The minimum atomic E-state index is 0.132.